The molecule has 1 saturated heterocycles. The second kappa shape index (κ2) is 11.6. The Labute approximate surface area is 237 Å². The van der Waals surface area contributed by atoms with Crippen molar-refractivity contribution in [1.29, 1.82) is 5.26 Å². The fourth-order valence-corrected chi connectivity index (χ4v) is 5.26. The van der Waals surface area contributed by atoms with E-state index in [2.05, 4.69) is 21.4 Å². The Morgan fingerprint density at radius 3 is 2.44 bits per heavy atom. The van der Waals surface area contributed by atoms with E-state index in [1.54, 1.807) is 16.9 Å². The van der Waals surface area contributed by atoms with Crippen LogP contribution in [0.1, 0.15) is 50.4 Å². The van der Waals surface area contributed by atoms with Crippen molar-refractivity contribution < 1.29 is 14.0 Å². The summed E-state index contributed by atoms with van der Waals surface area (Å²) in [6.45, 7) is 2.60. The number of carbonyl (C=O) groups excluding carboxylic acids is 2. The van der Waals surface area contributed by atoms with Crippen molar-refractivity contribution in [3.05, 3.63) is 119 Å². The highest BCUT2D eigenvalue weighted by Crippen LogP contribution is 2.23. The minimum absolute atomic E-state index is 0.0170. The number of nitriles is 1. The molecule has 0 aliphatic carbocycles. The van der Waals surface area contributed by atoms with E-state index in [0.717, 1.165) is 49.1 Å². The molecule has 1 N–H and O–H groups in total. The van der Waals surface area contributed by atoms with Gasteiger partial charge in [0.25, 0.3) is 5.91 Å². The number of amides is 1. The largest absolute Gasteiger partial charge is 0.451 e. The average Bonchev–Trinajstić information content (AvgIpc) is 3.69. The number of Topliss-reactive ketones (excluding diaryl/α,β-unsaturated/α-hetero) is 1. The summed E-state index contributed by atoms with van der Waals surface area (Å²) in [5.74, 6) is 0.0719. The van der Waals surface area contributed by atoms with Crippen molar-refractivity contribution in [3.63, 3.8) is 0 Å². The molecule has 204 valence electrons. The van der Waals surface area contributed by atoms with Crippen LogP contribution in [0.25, 0.3) is 16.7 Å². The Kier molecular flexibility index (Phi) is 7.44. The van der Waals surface area contributed by atoms with Crippen LogP contribution < -0.4 is 5.32 Å². The van der Waals surface area contributed by atoms with E-state index in [1.165, 1.54) is 5.56 Å². The van der Waals surface area contributed by atoms with Crippen LogP contribution in [0.2, 0.25) is 0 Å². The first kappa shape index (κ1) is 26.2. The molecule has 5 aromatic rings. The second-order valence-electron chi connectivity index (χ2n) is 10.4. The maximum atomic E-state index is 13.0. The number of likely N-dealkylation sites (tertiary alicyclic amines) is 1. The molecule has 8 nitrogen and oxygen atoms in total. The van der Waals surface area contributed by atoms with Gasteiger partial charge in [-0.1, -0.05) is 18.2 Å². The van der Waals surface area contributed by atoms with Gasteiger partial charge < -0.3 is 9.73 Å². The molecular weight excluding hydrogens is 514 g/mol. The molecule has 0 radical (unpaired) electrons. The molecule has 3 heterocycles. The van der Waals surface area contributed by atoms with Crippen LogP contribution in [0.3, 0.4) is 0 Å². The lowest BCUT2D eigenvalue weighted by atomic mass is 10.0. The first-order valence-electron chi connectivity index (χ1n) is 13.7. The van der Waals surface area contributed by atoms with Gasteiger partial charge in [-0.3, -0.25) is 14.5 Å². The van der Waals surface area contributed by atoms with Crippen molar-refractivity contribution >= 4 is 22.7 Å². The SMILES string of the molecule is N#Cc1ccc(CN2CCC(NC(=O)c3cc4cc(CC(=O)c5ccc(-n6cccn6)cc5)ccc4o3)CC2)cc1. The molecule has 3 aromatic carbocycles. The Bertz CT molecular complexity index is 1710. The number of furan rings is 1. The van der Waals surface area contributed by atoms with E-state index in [0.29, 0.717) is 16.7 Å². The highest BCUT2D eigenvalue weighted by molar-refractivity contribution is 5.99. The minimum atomic E-state index is -0.221. The van der Waals surface area contributed by atoms with Crippen LogP contribution in [-0.4, -0.2) is 45.5 Å². The minimum Gasteiger partial charge on any atom is -0.451 e. The summed E-state index contributed by atoms with van der Waals surface area (Å²) in [6.07, 6.45) is 5.54. The van der Waals surface area contributed by atoms with Crippen molar-refractivity contribution in [3.8, 4) is 11.8 Å². The smallest absolute Gasteiger partial charge is 0.287 e. The summed E-state index contributed by atoms with van der Waals surface area (Å²) in [5.41, 5.74) is 4.85. The van der Waals surface area contributed by atoms with Gasteiger partial charge in [-0.05, 0) is 84.6 Å². The number of fused-ring (bicyclic) bond motifs is 1. The first-order valence-corrected chi connectivity index (χ1v) is 13.7. The van der Waals surface area contributed by atoms with E-state index in [9.17, 15) is 9.59 Å². The lowest BCUT2D eigenvalue weighted by Crippen LogP contribution is -2.44. The summed E-state index contributed by atoms with van der Waals surface area (Å²) in [7, 11) is 0. The Hall–Kier alpha value is -5.00. The molecule has 1 fully saturated rings. The van der Waals surface area contributed by atoms with Gasteiger partial charge in [-0.2, -0.15) is 10.4 Å². The lowest BCUT2D eigenvalue weighted by Gasteiger charge is -2.32. The summed E-state index contributed by atoms with van der Waals surface area (Å²) >= 11 is 0. The summed E-state index contributed by atoms with van der Waals surface area (Å²) in [5, 5.41) is 17.1. The van der Waals surface area contributed by atoms with Gasteiger partial charge in [-0.25, -0.2) is 4.68 Å². The van der Waals surface area contributed by atoms with Crippen molar-refractivity contribution in [2.75, 3.05) is 13.1 Å². The molecular formula is C33H29N5O3. The zero-order chi connectivity index (χ0) is 28.2. The van der Waals surface area contributed by atoms with E-state index >= 15 is 0 Å². The Morgan fingerprint density at radius 1 is 0.976 bits per heavy atom. The fraction of sp³-hybridized carbons (Fsp3) is 0.212. The standard InChI is InChI=1S/C33H29N5O3/c34-21-23-2-4-24(5-3-23)22-37-16-12-28(13-17-37)36-33(40)32-20-27-18-25(6-11-31(27)41-32)19-30(39)26-7-9-29(10-8-26)38-15-1-14-35-38/h1-11,14-15,18,20,28H,12-13,16-17,19,22H2,(H,36,40). The van der Waals surface area contributed by atoms with Crippen LogP contribution >= 0.6 is 0 Å². The third kappa shape index (κ3) is 6.11. The highest BCUT2D eigenvalue weighted by atomic mass is 16.3. The number of piperidine rings is 1. The molecule has 0 atom stereocenters. The molecule has 0 saturated carbocycles. The van der Waals surface area contributed by atoms with Gasteiger partial charge in [-0.15, -0.1) is 0 Å². The Balaban J connectivity index is 1.03. The van der Waals surface area contributed by atoms with Crippen LogP contribution in [-0.2, 0) is 13.0 Å². The molecule has 2 aromatic heterocycles. The van der Waals surface area contributed by atoms with Crippen molar-refractivity contribution in [2.24, 2.45) is 0 Å². The molecule has 0 bridgehead atoms. The molecule has 41 heavy (non-hydrogen) atoms. The van der Waals surface area contributed by atoms with E-state index in [1.807, 2.05) is 79.0 Å². The first-order chi connectivity index (χ1) is 20.0. The molecule has 6 rings (SSSR count). The predicted octanol–water partition coefficient (Wildman–Crippen LogP) is 5.31. The predicted molar refractivity (Wildman–Crippen MR) is 155 cm³/mol. The van der Waals surface area contributed by atoms with E-state index in [4.69, 9.17) is 9.68 Å². The number of benzene rings is 3. The van der Waals surface area contributed by atoms with Gasteiger partial charge in [0, 0.05) is 55.4 Å². The van der Waals surface area contributed by atoms with E-state index in [-0.39, 0.29) is 29.9 Å². The van der Waals surface area contributed by atoms with Gasteiger partial charge in [0.1, 0.15) is 5.58 Å². The van der Waals surface area contributed by atoms with Gasteiger partial charge in [0.15, 0.2) is 11.5 Å². The summed E-state index contributed by atoms with van der Waals surface area (Å²) < 4.78 is 7.59. The summed E-state index contributed by atoms with van der Waals surface area (Å²) in [6, 6.07) is 26.5. The number of hydrogen-bond acceptors (Lipinski definition) is 6. The number of nitrogens with one attached hydrogen (secondary N) is 1. The van der Waals surface area contributed by atoms with Crippen molar-refractivity contribution in [2.45, 2.75) is 31.8 Å². The molecule has 0 unspecified atom stereocenters. The monoisotopic (exact) mass is 543 g/mol. The second-order valence-corrected chi connectivity index (χ2v) is 10.4. The third-order valence-corrected chi connectivity index (χ3v) is 7.54. The topological polar surface area (TPSA) is 104 Å². The number of hydrogen-bond donors (Lipinski definition) is 1. The zero-order valence-electron chi connectivity index (χ0n) is 22.5. The molecule has 1 aliphatic rings. The van der Waals surface area contributed by atoms with E-state index < -0.39 is 0 Å². The quantitative estimate of drug-likeness (QED) is 0.266. The highest BCUT2D eigenvalue weighted by Gasteiger charge is 2.23. The van der Waals surface area contributed by atoms with Crippen LogP contribution in [0.15, 0.2) is 95.7 Å². The number of aromatic nitrogens is 2. The van der Waals surface area contributed by atoms with Gasteiger partial charge in [0.2, 0.25) is 0 Å². The maximum absolute atomic E-state index is 13.0. The lowest BCUT2D eigenvalue weighted by molar-refractivity contribution is 0.0882. The van der Waals surface area contributed by atoms with Crippen LogP contribution in [0, 0.1) is 11.3 Å². The third-order valence-electron chi connectivity index (χ3n) is 7.54. The molecule has 8 heteroatoms. The average molecular weight is 544 g/mol. The fourth-order valence-electron chi connectivity index (χ4n) is 5.26. The maximum Gasteiger partial charge on any atom is 0.287 e. The summed E-state index contributed by atoms with van der Waals surface area (Å²) in [4.78, 5) is 28.2. The molecule has 0 spiro atoms. The molecule has 1 aliphatic heterocycles. The van der Waals surface area contributed by atoms with Crippen LogP contribution in [0.4, 0.5) is 0 Å². The van der Waals surface area contributed by atoms with Gasteiger partial charge >= 0.3 is 0 Å². The van der Waals surface area contributed by atoms with Crippen LogP contribution in [0.5, 0.6) is 0 Å². The number of carbonyl (C=O) groups is 2. The molecule has 1 amide bonds. The zero-order valence-corrected chi connectivity index (χ0v) is 22.5. The number of rotatable bonds is 8. The normalized spacial score (nSPS) is 14.1. The number of ketones is 1. The Morgan fingerprint density at radius 2 is 1.73 bits per heavy atom. The van der Waals surface area contributed by atoms with Crippen molar-refractivity contribution in [1.82, 2.24) is 20.0 Å². The van der Waals surface area contributed by atoms with Gasteiger partial charge in [0.05, 0.1) is 17.3 Å². The number of nitrogens with zero attached hydrogens (tertiary/aromatic N) is 4.